The van der Waals surface area contributed by atoms with Gasteiger partial charge in [0.15, 0.2) is 5.11 Å². The average Bonchev–Trinajstić information content (AvgIpc) is 3.02. The molecule has 0 fully saturated rings. The number of carbonyl (C=O) groups excluding carboxylic acids is 1. The largest absolute Gasteiger partial charge is 0.361 e. The topological polar surface area (TPSA) is 53.2 Å². The minimum absolute atomic E-state index is 0.109. The van der Waals surface area contributed by atoms with Crippen molar-refractivity contribution in [3.05, 3.63) is 21.4 Å². The van der Waals surface area contributed by atoms with Crippen LogP contribution in [0.15, 0.2) is 6.07 Å². The Morgan fingerprint density at radius 2 is 2.20 bits per heavy atom. The van der Waals surface area contributed by atoms with Crippen LogP contribution in [0.3, 0.4) is 0 Å². The molecule has 0 aromatic carbocycles. The molecule has 1 aromatic rings. The van der Waals surface area contributed by atoms with Gasteiger partial charge < -0.3 is 5.32 Å². The fourth-order valence-electron chi connectivity index (χ4n) is 2.24. The van der Waals surface area contributed by atoms with E-state index in [1.165, 1.54) is 29.7 Å². The second-order valence-electron chi connectivity index (χ2n) is 4.95. The van der Waals surface area contributed by atoms with Gasteiger partial charge in [-0.2, -0.15) is 0 Å². The van der Waals surface area contributed by atoms with E-state index in [9.17, 15) is 4.79 Å². The average molecular weight is 311 g/mol. The van der Waals surface area contributed by atoms with E-state index in [0.29, 0.717) is 5.11 Å². The van der Waals surface area contributed by atoms with Crippen LogP contribution >= 0.6 is 23.6 Å². The molecule has 1 heterocycles. The standard InChI is InChI=1S/C14H21N3OS2/c1-2-3-4-8-15-14(19)17-16-13(18)12-9-10-6-5-7-11(10)20-12/h9H,2-8H2,1H3,(H,16,18)(H2,15,17,19). The molecule has 0 unspecified atom stereocenters. The van der Waals surface area contributed by atoms with Crippen LogP contribution in [0.2, 0.25) is 0 Å². The Kier molecular flexibility index (Phi) is 5.79. The number of hydrogen-bond acceptors (Lipinski definition) is 3. The Bertz CT molecular complexity index is 463. The van der Waals surface area contributed by atoms with Gasteiger partial charge in [0.1, 0.15) is 0 Å². The van der Waals surface area contributed by atoms with Gasteiger partial charge in [0, 0.05) is 11.4 Å². The molecule has 1 aliphatic rings. The monoisotopic (exact) mass is 311 g/mol. The number of thiocarbonyl (C=S) groups is 1. The highest BCUT2D eigenvalue weighted by Gasteiger charge is 2.18. The first kappa shape index (κ1) is 15.3. The number of hydrogen-bond donors (Lipinski definition) is 3. The van der Waals surface area contributed by atoms with E-state index in [1.807, 2.05) is 6.07 Å². The fourth-order valence-corrected chi connectivity index (χ4v) is 3.54. The second kappa shape index (κ2) is 7.59. The van der Waals surface area contributed by atoms with Gasteiger partial charge in [0.25, 0.3) is 5.91 Å². The van der Waals surface area contributed by atoms with E-state index in [4.69, 9.17) is 12.2 Å². The number of carbonyl (C=O) groups is 1. The Morgan fingerprint density at radius 3 is 2.95 bits per heavy atom. The zero-order valence-corrected chi connectivity index (χ0v) is 13.4. The quantitative estimate of drug-likeness (QED) is 0.444. The smallest absolute Gasteiger partial charge is 0.279 e. The predicted octanol–water partition coefficient (Wildman–Crippen LogP) is 2.54. The summed E-state index contributed by atoms with van der Waals surface area (Å²) in [5.74, 6) is -0.109. The molecule has 0 atom stereocenters. The summed E-state index contributed by atoms with van der Waals surface area (Å²) in [4.78, 5) is 14.1. The molecule has 1 aliphatic carbocycles. The second-order valence-corrected chi connectivity index (χ2v) is 6.50. The maximum absolute atomic E-state index is 12.0. The highest BCUT2D eigenvalue weighted by Crippen LogP contribution is 2.30. The van der Waals surface area contributed by atoms with Gasteiger partial charge >= 0.3 is 0 Å². The number of rotatable bonds is 5. The summed E-state index contributed by atoms with van der Waals surface area (Å²) >= 11 is 6.69. The molecule has 0 saturated heterocycles. The van der Waals surface area contributed by atoms with E-state index in [-0.39, 0.29) is 5.91 Å². The number of nitrogens with one attached hydrogen (secondary N) is 3. The molecule has 3 N–H and O–H groups in total. The molecule has 1 amide bonds. The highest BCUT2D eigenvalue weighted by molar-refractivity contribution is 7.80. The molecule has 0 radical (unpaired) electrons. The molecule has 0 bridgehead atoms. The van der Waals surface area contributed by atoms with Crippen LogP contribution in [0.1, 0.15) is 52.7 Å². The van der Waals surface area contributed by atoms with Gasteiger partial charge in [0.05, 0.1) is 4.88 Å². The highest BCUT2D eigenvalue weighted by atomic mass is 32.1. The minimum Gasteiger partial charge on any atom is -0.361 e. The molecular weight excluding hydrogens is 290 g/mol. The Labute approximate surface area is 129 Å². The van der Waals surface area contributed by atoms with Crippen LogP contribution in [-0.2, 0) is 12.8 Å². The molecule has 0 saturated carbocycles. The van der Waals surface area contributed by atoms with E-state index in [1.54, 1.807) is 11.3 Å². The van der Waals surface area contributed by atoms with Gasteiger partial charge in [-0.25, -0.2) is 0 Å². The van der Waals surface area contributed by atoms with Crippen LogP contribution in [0, 0.1) is 0 Å². The summed E-state index contributed by atoms with van der Waals surface area (Å²) in [6.45, 7) is 3.00. The van der Waals surface area contributed by atoms with Gasteiger partial charge in [-0.05, 0) is 49.5 Å². The lowest BCUT2D eigenvalue weighted by Gasteiger charge is -2.10. The SMILES string of the molecule is CCCCCNC(=S)NNC(=O)c1cc2c(s1)CCC2. The maximum Gasteiger partial charge on any atom is 0.279 e. The summed E-state index contributed by atoms with van der Waals surface area (Å²) in [5.41, 5.74) is 6.73. The Hall–Kier alpha value is -1.14. The van der Waals surface area contributed by atoms with Crippen molar-refractivity contribution >= 4 is 34.6 Å². The van der Waals surface area contributed by atoms with Crippen molar-refractivity contribution in [1.29, 1.82) is 0 Å². The number of unbranched alkanes of at least 4 members (excludes halogenated alkanes) is 2. The van der Waals surface area contributed by atoms with Crippen molar-refractivity contribution in [2.45, 2.75) is 45.4 Å². The third kappa shape index (κ3) is 4.18. The van der Waals surface area contributed by atoms with E-state index in [2.05, 4.69) is 23.1 Å². The summed E-state index contributed by atoms with van der Waals surface area (Å²) < 4.78 is 0. The Morgan fingerprint density at radius 1 is 1.35 bits per heavy atom. The molecule has 0 spiro atoms. The van der Waals surface area contributed by atoms with Gasteiger partial charge in [-0.1, -0.05) is 19.8 Å². The summed E-state index contributed by atoms with van der Waals surface area (Å²) in [7, 11) is 0. The molecule has 4 nitrogen and oxygen atoms in total. The van der Waals surface area contributed by atoms with Crippen molar-refractivity contribution in [3.63, 3.8) is 0 Å². The van der Waals surface area contributed by atoms with Crippen LogP contribution in [0.4, 0.5) is 0 Å². The Balaban J connectivity index is 1.70. The predicted molar refractivity (Wildman–Crippen MR) is 87.1 cm³/mol. The molecule has 0 aliphatic heterocycles. The number of thiophene rings is 1. The van der Waals surface area contributed by atoms with Crippen molar-refractivity contribution in [3.8, 4) is 0 Å². The molecular formula is C14H21N3OS2. The number of fused-ring (bicyclic) bond motifs is 1. The van der Waals surface area contributed by atoms with E-state index < -0.39 is 0 Å². The van der Waals surface area contributed by atoms with E-state index in [0.717, 1.165) is 30.7 Å². The van der Waals surface area contributed by atoms with Crippen molar-refractivity contribution in [1.82, 2.24) is 16.2 Å². The molecule has 2 rings (SSSR count). The van der Waals surface area contributed by atoms with Crippen LogP contribution < -0.4 is 16.2 Å². The van der Waals surface area contributed by atoms with Crippen LogP contribution in [-0.4, -0.2) is 17.6 Å². The van der Waals surface area contributed by atoms with E-state index >= 15 is 0 Å². The molecule has 110 valence electrons. The van der Waals surface area contributed by atoms with Gasteiger partial charge in [-0.3, -0.25) is 15.6 Å². The first-order chi connectivity index (χ1) is 9.70. The van der Waals surface area contributed by atoms with Gasteiger partial charge in [0.2, 0.25) is 0 Å². The zero-order valence-electron chi connectivity index (χ0n) is 11.8. The summed E-state index contributed by atoms with van der Waals surface area (Å²) in [6, 6.07) is 2.00. The maximum atomic E-state index is 12.0. The number of amides is 1. The lowest BCUT2D eigenvalue weighted by molar-refractivity contribution is 0.0947. The normalized spacial score (nSPS) is 12.8. The fraction of sp³-hybridized carbons (Fsp3) is 0.571. The van der Waals surface area contributed by atoms with Gasteiger partial charge in [-0.15, -0.1) is 11.3 Å². The zero-order chi connectivity index (χ0) is 14.4. The molecule has 1 aromatic heterocycles. The molecule has 20 heavy (non-hydrogen) atoms. The third-order valence-electron chi connectivity index (χ3n) is 3.33. The number of hydrazine groups is 1. The molecule has 6 heteroatoms. The lowest BCUT2D eigenvalue weighted by Crippen LogP contribution is -2.46. The lowest BCUT2D eigenvalue weighted by atomic mass is 10.2. The summed E-state index contributed by atoms with van der Waals surface area (Å²) in [5, 5.41) is 3.54. The minimum atomic E-state index is -0.109. The van der Waals surface area contributed by atoms with Crippen molar-refractivity contribution < 1.29 is 4.79 Å². The van der Waals surface area contributed by atoms with Crippen molar-refractivity contribution in [2.24, 2.45) is 0 Å². The van der Waals surface area contributed by atoms with Crippen LogP contribution in [0.25, 0.3) is 0 Å². The first-order valence-electron chi connectivity index (χ1n) is 7.16. The van der Waals surface area contributed by atoms with Crippen molar-refractivity contribution in [2.75, 3.05) is 6.54 Å². The first-order valence-corrected chi connectivity index (χ1v) is 8.39. The number of aryl methyl sites for hydroxylation is 2. The van der Waals surface area contributed by atoms with Crippen LogP contribution in [0.5, 0.6) is 0 Å². The third-order valence-corrected chi connectivity index (χ3v) is 4.81. The summed E-state index contributed by atoms with van der Waals surface area (Å²) in [6.07, 6.45) is 6.88.